The Bertz CT molecular complexity index is 1180. The molecule has 1 aliphatic heterocycles. The van der Waals surface area contributed by atoms with E-state index in [9.17, 15) is 14.4 Å². The minimum Gasteiger partial charge on any atom is -0.350 e. The summed E-state index contributed by atoms with van der Waals surface area (Å²) in [5.41, 5.74) is 2.60. The van der Waals surface area contributed by atoms with Crippen LogP contribution in [-0.2, 0) is 29.1 Å². The van der Waals surface area contributed by atoms with Gasteiger partial charge in [-0.15, -0.1) is 0 Å². The standard InChI is InChI=1S/C25H28N4O3/c1-4-17-9-11-18(12-10-17)14-26-22(30)15-27-24(32)25(2)16-29-20-8-6-5-7-19(20)13-21(29)23(31)28(25)3/h5-13H,4,14-16H2,1-3H3,(H,26,30)(H,27,32)/t25-/m1/s1. The predicted molar refractivity (Wildman–Crippen MR) is 123 cm³/mol. The van der Waals surface area contributed by atoms with Crippen molar-refractivity contribution in [3.05, 3.63) is 71.4 Å². The highest BCUT2D eigenvalue weighted by molar-refractivity contribution is 6.03. The fourth-order valence-electron chi connectivity index (χ4n) is 4.10. The number of nitrogens with one attached hydrogen (secondary N) is 2. The van der Waals surface area contributed by atoms with Crippen molar-refractivity contribution in [3.63, 3.8) is 0 Å². The number of benzene rings is 2. The lowest BCUT2D eigenvalue weighted by molar-refractivity contribution is -0.134. The predicted octanol–water partition coefficient (Wildman–Crippen LogP) is 2.48. The molecule has 0 spiro atoms. The molecule has 7 nitrogen and oxygen atoms in total. The number of carbonyl (C=O) groups is 3. The molecule has 32 heavy (non-hydrogen) atoms. The van der Waals surface area contributed by atoms with Gasteiger partial charge in [0.15, 0.2) is 0 Å². The van der Waals surface area contributed by atoms with E-state index in [0.29, 0.717) is 18.8 Å². The fourth-order valence-corrected chi connectivity index (χ4v) is 4.10. The number of hydrogen-bond acceptors (Lipinski definition) is 3. The maximum absolute atomic E-state index is 13.1. The number of para-hydroxylation sites is 1. The van der Waals surface area contributed by atoms with Crippen molar-refractivity contribution in [2.75, 3.05) is 13.6 Å². The van der Waals surface area contributed by atoms with Crippen molar-refractivity contribution >= 4 is 28.6 Å². The number of hydrogen-bond donors (Lipinski definition) is 2. The van der Waals surface area contributed by atoms with Crippen LogP contribution in [0.5, 0.6) is 0 Å². The summed E-state index contributed by atoms with van der Waals surface area (Å²) >= 11 is 0. The number of aryl methyl sites for hydroxylation is 1. The normalized spacial score (nSPS) is 17.8. The maximum Gasteiger partial charge on any atom is 0.271 e. The molecule has 0 fully saturated rings. The van der Waals surface area contributed by atoms with Gasteiger partial charge in [0.05, 0.1) is 13.1 Å². The Labute approximate surface area is 187 Å². The van der Waals surface area contributed by atoms with Gasteiger partial charge in [-0.2, -0.15) is 0 Å². The molecule has 1 aromatic heterocycles. The summed E-state index contributed by atoms with van der Waals surface area (Å²) in [5, 5.41) is 6.49. The van der Waals surface area contributed by atoms with E-state index in [2.05, 4.69) is 17.6 Å². The molecule has 4 rings (SSSR count). The van der Waals surface area contributed by atoms with E-state index in [1.165, 1.54) is 10.5 Å². The molecule has 3 amide bonds. The Hall–Kier alpha value is -3.61. The first-order valence-corrected chi connectivity index (χ1v) is 10.8. The number of aromatic nitrogens is 1. The molecule has 0 bridgehead atoms. The van der Waals surface area contributed by atoms with Crippen LogP contribution < -0.4 is 10.6 Å². The fraction of sp³-hybridized carbons (Fsp3) is 0.320. The number of carbonyl (C=O) groups excluding carboxylic acids is 3. The molecule has 3 aromatic rings. The Morgan fingerprint density at radius 1 is 1.03 bits per heavy atom. The van der Waals surface area contributed by atoms with Crippen LogP contribution in [-0.4, -0.2) is 46.3 Å². The van der Waals surface area contributed by atoms with Crippen molar-refractivity contribution in [3.8, 4) is 0 Å². The zero-order chi connectivity index (χ0) is 22.9. The van der Waals surface area contributed by atoms with Gasteiger partial charge in [0, 0.05) is 24.5 Å². The third-order valence-electron chi connectivity index (χ3n) is 6.36. The van der Waals surface area contributed by atoms with Gasteiger partial charge in [0.2, 0.25) is 11.8 Å². The summed E-state index contributed by atoms with van der Waals surface area (Å²) in [5.74, 6) is -0.859. The zero-order valence-corrected chi connectivity index (χ0v) is 18.6. The molecule has 0 aliphatic carbocycles. The van der Waals surface area contributed by atoms with Crippen molar-refractivity contribution in [2.45, 2.75) is 38.9 Å². The lowest BCUT2D eigenvalue weighted by Crippen LogP contribution is -2.63. The van der Waals surface area contributed by atoms with Gasteiger partial charge in [-0.1, -0.05) is 49.4 Å². The molecule has 166 valence electrons. The molecule has 0 saturated carbocycles. The second-order valence-corrected chi connectivity index (χ2v) is 8.44. The zero-order valence-electron chi connectivity index (χ0n) is 18.6. The Kier molecular flexibility index (Phi) is 5.74. The molecule has 1 atom stereocenters. The first-order valence-electron chi connectivity index (χ1n) is 10.8. The number of amides is 3. The summed E-state index contributed by atoms with van der Waals surface area (Å²) in [6.45, 7) is 4.38. The smallest absolute Gasteiger partial charge is 0.271 e. The second-order valence-electron chi connectivity index (χ2n) is 8.44. The molecule has 0 unspecified atom stereocenters. The highest BCUT2D eigenvalue weighted by atomic mass is 16.2. The summed E-state index contributed by atoms with van der Waals surface area (Å²) < 4.78 is 1.89. The van der Waals surface area contributed by atoms with Gasteiger partial charge in [-0.25, -0.2) is 0 Å². The molecular formula is C25H28N4O3. The molecule has 0 saturated heterocycles. The van der Waals surface area contributed by atoms with Crippen LogP contribution in [0, 0.1) is 0 Å². The average molecular weight is 433 g/mol. The van der Waals surface area contributed by atoms with Crippen LogP contribution in [0.1, 0.15) is 35.5 Å². The van der Waals surface area contributed by atoms with E-state index in [4.69, 9.17) is 0 Å². The quantitative estimate of drug-likeness (QED) is 0.628. The minimum absolute atomic E-state index is 0.150. The van der Waals surface area contributed by atoms with Gasteiger partial charge in [0.1, 0.15) is 11.2 Å². The van der Waals surface area contributed by atoms with Gasteiger partial charge < -0.3 is 20.1 Å². The highest BCUT2D eigenvalue weighted by Gasteiger charge is 2.45. The summed E-state index contributed by atoms with van der Waals surface area (Å²) in [6.07, 6.45) is 0.967. The Morgan fingerprint density at radius 2 is 1.72 bits per heavy atom. The Balaban J connectivity index is 1.41. The van der Waals surface area contributed by atoms with Crippen molar-refractivity contribution < 1.29 is 14.4 Å². The number of nitrogens with zero attached hydrogens (tertiary/aromatic N) is 2. The highest BCUT2D eigenvalue weighted by Crippen LogP contribution is 2.31. The van der Waals surface area contributed by atoms with Crippen LogP contribution in [0.4, 0.5) is 0 Å². The Morgan fingerprint density at radius 3 is 2.44 bits per heavy atom. The van der Waals surface area contributed by atoms with Crippen molar-refractivity contribution in [1.82, 2.24) is 20.1 Å². The summed E-state index contributed by atoms with van der Waals surface area (Å²) in [7, 11) is 1.63. The van der Waals surface area contributed by atoms with E-state index in [-0.39, 0.29) is 24.3 Å². The second kappa shape index (κ2) is 8.49. The third kappa shape index (κ3) is 3.86. The van der Waals surface area contributed by atoms with E-state index in [0.717, 1.165) is 22.9 Å². The van der Waals surface area contributed by atoms with E-state index >= 15 is 0 Å². The monoisotopic (exact) mass is 432 g/mol. The van der Waals surface area contributed by atoms with Crippen molar-refractivity contribution in [1.29, 1.82) is 0 Å². The van der Waals surface area contributed by atoms with Crippen LogP contribution >= 0.6 is 0 Å². The van der Waals surface area contributed by atoms with Crippen LogP contribution in [0.2, 0.25) is 0 Å². The van der Waals surface area contributed by atoms with E-state index < -0.39 is 5.54 Å². The van der Waals surface area contributed by atoms with Crippen molar-refractivity contribution in [2.24, 2.45) is 0 Å². The minimum atomic E-state index is -1.11. The van der Waals surface area contributed by atoms with Gasteiger partial charge >= 0.3 is 0 Å². The number of likely N-dealkylation sites (N-methyl/N-ethyl adjacent to an activating group) is 1. The molecule has 2 aromatic carbocycles. The SMILES string of the molecule is CCc1ccc(CNC(=O)CNC(=O)[C@@]2(C)Cn3c(cc4ccccc43)C(=O)N2C)cc1. The van der Waals surface area contributed by atoms with Crippen LogP contribution in [0.15, 0.2) is 54.6 Å². The third-order valence-corrected chi connectivity index (χ3v) is 6.36. The van der Waals surface area contributed by atoms with Gasteiger partial charge in [-0.05, 0) is 36.6 Å². The molecule has 2 N–H and O–H groups in total. The molecule has 2 heterocycles. The van der Waals surface area contributed by atoms with Crippen LogP contribution in [0.3, 0.4) is 0 Å². The largest absolute Gasteiger partial charge is 0.350 e. The maximum atomic E-state index is 13.1. The first-order chi connectivity index (χ1) is 15.3. The molecule has 0 radical (unpaired) electrons. The molecule has 1 aliphatic rings. The molecule has 7 heteroatoms. The summed E-state index contributed by atoms with van der Waals surface area (Å²) in [6, 6.07) is 17.6. The first kappa shape index (κ1) is 21.6. The lowest BCUT2D eigenvalue weighted by atomic mass is 9.95. The molecular weight excluding hydrogens is 404 g/mol. The number of rotatable bonds is 6. The van der Waals surface area contributed by atoms with E-state index in [1.54, 1.807) is 14.0 Å². The summed E-state index contributed by atoms with van der Waals surface area (Å²) in [4.78, 5) is 39.8. The average Bonchev–Trinajstić information content (AvgIpc) is 3.18. The van der Waals surface area contributed by atoms with Gasteiger partial charge in [0.25, 0.3) is 5.91 Å². The van der Waals surface area contributed by atoms with Gasteiger partial charge in [-0.3, -0.25) is 14.4 Å². The van der Waals surface area contributed by atoms with Crippen LogP contribution in [0.25, 0.3) is 10.9 Å². The van der Waals surface area contributed by atoms with E-state index in [1.807, 2.05) is 59.2 Å². The topological polar surface area (TPSA) is 83.4 Å². The lowest BCUT2D eigenvalue weighted by Gasteiger charge is -2.41. The number of fused-ring (bicyclic) bond motifs is 3.